The van der Waals surface area contributed by atoms with Gasteiger partial charge in [0.15, 0.2) is 0 Å². The normalized spacial score (nSPS) is 21.6. The fraction of sp³-hybridized carbons (Fsp3) is 0.867. The third-order valence-electron chi connectivity index (χ3n) is 3.76. The maximum atomic E-state index is 12.7. The van der Waals surface area contributed by atoms with Crippen molar-refractivity contribution in [1.82, 2.24) is 10.2 Å². The number of likely N-dealkylation sites (tertiary alicyclic amines) is 1. The van der Waals surface area contributed by atoms with Crippen LogP contribution in [0.4, 0.5) is 0 Å². The molecule has 0 radical (unpaired) electrons. The van der Waals surface area contributed by atoms with E-state index < -0.39 is 6.04 Å². The molecule has 0 aromatic rings. The van der Waals surface area contributed by atoms with Gasteiger partial charge in [-0.15, -0.1) is 0 Å². The Bertz CT molecular complexity index is 345. The van der Waals surface area contributed by atoms with Crippen LogP contribution in [0, 0.1) is 11.3 Å². The van der Waals surface area contributed by atoms with Crippen LogP contribution in [0.2, 0.25) is 0 Å². The van der Waals surface area contributed by atoms with Gasteiger partial charge in [0.25, 0.3) is 0 Å². The smallest absolute Gasteiger partial charge is 0.245 e. The molecule has 110 valence electrons. The molecule has 1 N–H and O–H groups in total. The molecule has 1 aliphatic heterocycles. The van der Waals surface area contributed by atoms with Gasteiger partial charge >= 0.3 is 0 Å². The summed E-state index contributed by atoms with van der Waals surface area (Å²) in [6.07, 6.45) is 2.11. The van der Waals surface area contributed by atoms with E-state index in [4.69, 9.17) is 0 Å². The first-order valence-corrected chi connectivity index (χ1v) is 7.25. The van der Waals surface area contributed by atoms with Crippen molar-refractivity contribution in [2.75, 3.05) is 6.54 Å². The Morgan fingerprint density at radius 3 is 2.21 bits per heavy atom. The SMILES string of the molecule is CC(C)C(=O)NC(C(=O)N1CCCC1C)C(C)(C)C. The molecule has 2 atom stereocenters. The number of carbonyl (C=O) groups excluding carboxylic acids is 2. The molecule has 4 nitrogen and oxygen atoms in total. The molecule has 1 fully saturated rings. The van der Waals surface area contributed by atoms with E-state index >= 15 is 0 Å². The Labute approximate surface area is 116 Å². The minimum Gasteiger partial charge on any atom is -0.344 e. The lowest BCUT2D eigenvalue weighted by molar-refractivity contribution is -0.140. The Balaban J connectivity index is 2.85. The molecule has 2 unspecified atom stereocenters. The zero-order chi connectivity index (χ0) is 14.8. The van der Waals surface area contributed by atoms with E-state index in [0.29, 0.717) is 0 Å². The summed E-state index contributed by atoms with van der Waals surface area (Å²) in [5.41, 5.74) is -0.274. The van der Waals surface area contributed by atoms with Crippen LogP contribution in [0.5, 0.6) is 0 Å². The average Bonchev–Trinajstić information content (AvgIpc) is 2.69. The van der Waals surface area contributed by atoms with Crippen LogP contribution in [0.3, 0.4) is 0 Å². The van der Waals surface area contributed by atoms with Gasteiger partial charge in [0.05, 0.1) is 0 Å². The topological polar surface area (TPSA) is 49.4 Å². The maximum Gasteiger partial charge on any atom is 0.245 e. The highest BCUT2D eigenvalue weighted by Gasteiger charge is 2.38. The third kappa shape index (κ3) is 3.95. The predicted octanol–water partition coefficient (Wildman–Crippen LogP) is 2.18. The molecule has 2 amide bonds. The van der Waals surface area contributed by atoms with Crippen LogP contribution in [0.1, 0.15) is 54.4 Å². The fourth-order valence-electron chi connectivity index (χ4n) is 2.38. The largest absolute Gasteiger partial charge is 0.344 e. The van der Waals surface area contributed by atoms with Crippen molar-refractivity contribution in [1.29, 1.82) is 0 Å². The van der Waals surface area contributed by atoms with Gasteiger partial charge in [-0.05, 0) is 25.2 Å². The molecule has 1 heterocycles. The maximum absolute atomic E-state index is 12.7. The highest BCUT2D eigenvalue weighted by Crippen LogP contribution is 2.25. The van der Waals surface area contributed by atoms with Gasteiger partial charge in [-0.2, -0.15) is 0 Å². The summed E-state index contributed by atoms with van der Waals surface area (Å²) in [6.45, 7) is 12.6. The number of hydrogen-bond acceptors (Lipinski definition) is 2. The van der Waals surface area contributed by atoms with Crippen LogP contribution in [0.25, 0.3) is 0 Å². The Morgan fingerprint density at radius 1 is 1.26 bits per heavy atom. The molecule has 0 bridgehead atoms. The quantitative estimate of drug-likeness (QED) is 0.853. The van der Waals surface area contributed by atoms with Gasteiger partial charge in [-0.1, -0.05) is 34.6 Å². The first-order chi connectivity index (χ1) is 8.64. The van der Waals surface area contributed by atoms with Gasteiger partial charge in [0.1, 0.15) is 6.04 Å². The van der Waals surface area contributed by atoms with E-state index in [-0.39, 0.29) is 29.2 Å². The summed E-state index contributed by atoms with van der Waals surface area (Å²) in [6, 6.07) is -0.156. The van der Waals surface area contributed by atoms with Crippen molar-refractivity contribution in [3.63, 3.8) is 0 Å². The van der Waals surface area contributed by atoms with E-state index in [2.05, 4.69) is 12.2 Å². The van der Waals surface area contributed by atoms with Crippen molar-refractivity contribution in [2.24, 2.45) is 11.3 Å². The van der Waals surface area contributed by atoms with Crippen molar-refractivity contribution in [2.45, 2.75) is 66.5 Å². The molecule has 0 aliphatic carbocycles. The second-order valence-corrected chi connectivity index (χ2v) is 6.99. The van der Waals surface area contributed by atoms with Gasteiger partial charge in [0.2, 0.25) is 11.8 Å². The van der Waals surface area contributed by atoms with Crippen LogP contribution in [-0.4, -0.2) is 35.3 Å². The van der Waals surface area contributed by atoms with Gasteiger partial charge in [-0.25, -0.2) is 0 Å². The number of rotatable bonds is 3. The van der Waals surface area contributed by atoms with E-state index in [9.17, 15) is 9.59 Å². The Morgan fingerprint density at radius 2 is 1.84 bits per heavy atom. The van der Waals surface area contributed by atoms with Crippen molar-refractivity contribution in [3.05, 3.63) is 0 Å². The minimum atomic E-state index is -0.442. The monoisotopic (exact) mass is 268 g/mol. The number of hydrogen-bond donors (Lipinski definition) is 1. The van der Waals surface area contributed by atoms with Crippen molar-refractivity contribution < 1.29 is 9.59 Å². The molecule has 0 saturated carbocycles. The zero-order valence-electron chi connectivity index (χ0n) is 13.1. The molecule has 1 aliphatic rings. The van der Waals surface area contributed by atoms with Gasteiger partial charge < -0.3 is 10.2 Å². The van der Waals surface area contributed by atoms with Crippen LogP contribution >= 0.6 is 0 Å². The highest BCUT2D eigenvalue weighted by atomic mass is 16.2. The predicted molar refractivity (Wildman–Crippen MR) is 76.6 cm³/mol. The van der Waals surface area contributed by atoms with Crippen LogP contribution in [-0.2, 0) is 9.59 Å². The first kappa shape index (κ1) is 16.0. The van der Waals surface area contributed by atoms with E-state index in [0.717, 1.165) is 19.4 Å². The second-order valence-electron chi connectivity index (χ2n) is 6.99. The highest BCUT2D eigenvalue weighted by molar-refractivity contribution is 5.89. The summed E-state index contributed by atoms with van der Waals surface area (Å²) in [5, 5.41) is 2.92. The molecule has 0 aromatic heterocycles. The summed E-state index contributed by atoms with van der Waals surface area (Å²) < 4.78 is 0. The fourth-order valence-corrected chi connectivity index (χ4v) is 2.38. The minimum absolute atomic E-state index is 0.0554. The van der Waals surface area contributed by atoms with E-state index in [1.54, 1.807) is 0 Å². The lowest BCUT2D eigenvalue weighted by atomic mass is 9.85. The summed E-state index contributed by atoms with van der Waals surface area (Å²) in [5.74, 6) is -0.0970. The summed E-state index contributed by atoms with van der Waals surface area (Å²) in [7, 11) is 0. The van der Waals surface area contributed by atoms with Crippen LogP contribution in [0.15, 0.2) is 0 Å². The number of carbonyl (C=O) groups is 2. The van der Waals surface area contributed by atoms with Gasteiger partial charge in [-0.3, -0.25) is 9.59 Å². The summed E-state index contributed by atoms with van der Waals surface area (Å²) in [4.78, 5) is 26.5. The van der Waals surface area contributed by atoms with E-state index in [1.165, 1.54) is 0 Å². The molecular formula is C15H28N2O2. The van der Waals surface area contributed by atoms with Crippen molar-refractivity contribution in [3.8, 4) is 0 Å². The molecule has 1 rings (SSSR count). The van der Waals surface area contributed by atoms with Crippen LogP contribution < -0.4 is 5.32 Å². The average molecular weight is 268 g/mol. The van der Waals surface area contributed by atoms with Crippen molar-refractivity contribution >= 4 is 11.8 Å². The Kier molecular flexibility index (Phi) is 4.99. The number of amides is 2. The second kappa shape index (κ2) is 5.93. The Hall–Kier alpha value is -1.06. The first-order valence-electron chi connectivity index (χ1n) is 7.25. The number of nitrogens with one attached hydrogen (secondary N) is 1. The molecular weight excluding hydrogens is 240 g/mol. The molecule has 4 heteroatoms. The van der Waals surface area contributed by atoms with E-state index in [1.807, 2.05) is 39.5 Å². The zero-order valence-corrected chi connectivity index (χ0v) is 13.1. The molecule has 0 spiro atoms. The van der Waals surface area contributed by atoms with Gasteiger partial charge in [0, 0.05) is 18.5 Å². The third-order valence-corrected chi connectivity index (χ3v) is 3.76. The lowest BCUT2D eigenvalue weighted by Crippen LogP contribution is -2.56. The molecule has 19 heavy (non-hydrogen) atoms. The molecule has 0 aromatic carbocycles. The standard InChI is InChI=1S/C15H28N2O2/c1-10(2)13(18)16-12(15(4,5)6)14(19)17-9-7-8-11(17)3/h10-12H,7-9H2,1-6H3,(H,16,18). The lowest BCUT2D eigenvalue weighted by Gasteiger charge is -2.35. The summed E-state index contributed by atoms with van der Waals surface area (Å²) >= 11 is 0. The number of nitrogens with zero attached hydrogens (tertiary/aromatic N) is 1. The molecule has 1 saturated heterocycles.